The number of aliphatic carboxylic acids is 1. The Balaban J connectivity index is 0.942. The Morgan fingerprint density at radius 3 is 2.35 bits per heavy atom. The van der Waals surface area contributed by atoms with E-state index in [4.69, 9.17) is 19.0 Å². The number of phenolic OH excluding ortho intramolecular Hbond substituents is 1. The molecular weight excluding hydrogens is 865 g/mol. The minimum atomic E-state index is -0.857. The number of fused-ring (bicyclic) bond motifs is 6. The molecule has 0 fully saturated rings. The van der Waals surface area contributed by atoms with E-state index < -0.39 is 11.9 Å². The third-order valence-corrected chi connectivity index (χ3v) is 14.7. The van der Waals surface area contributed by atoms with Gasteiger partial charge in [-0.05, 0) is 135 Å². The van der Waals surface area contributed by atoms with Gasteiger partial charge >= 0.3 is 11.9 Å². The van der Waals surface area contributed by atoms with E-state index in [0.717, 1.165) is 100 Å². The van der Waals surface area contributed by atoms with Crippen molar-refractivity contribution in [3.63, 3.8) is 0 Å². The lowest BCUT2D eigenvalue weighted by Crippen LogP contribution is -2.45. The molecule has 5 aromatic carbocycles. The zero-order valence-corrected chi connectivity index (χ0v) is 38.4. The molecule has 0 radical (unpaired) electrons. The zero-order chi connectivity index (χ0) is 46.8. The van der Waals surface area contributed by atoms with E-state index in [0.29, 0.717) is 58.2 Å². The number of hydrogen-bond acceptors (Lipinski definition) is 8. The first kappa shape index (κ1) is 42.7. The van der Waals surface area contributed by atoms with Gasteiger partial charge in [0.25, 0.3) is 0 Å². The third-order valence-electron chi connectivity index (χ3n) is 14.7. The number of carboxylic acid groups (broad SMARTS) is 1. The second-order valence-electron chi connectivity index (χ2n) is 19.1. The first-order valence-corrected chi connectivity index (χ1v) is 24.5. The van der Waals surface area contributed by atoms with Crippen LogP contribution < -0.4 is 30.2 Å². The first-order valence-electron chi connectivity index (χ1n) is 24.5. The van der Waals surface area contributed by atoms with Crippen LogP contribution in [0.15, 0.2) is 100 Å². The van der Waals surface area contributed by atoms with E-state index in [-0.39, 0.29) is 29.8 Å². The van der Waals surface area contributed by atoms with Gasteiger partial charge in [0.1, 0.15) is 41.7 Å². The summed E-state index contributed by atoms with van der Waals surface area (Å²) in [4.78, 5) is 40.3. The molecule has 6 heterocycles. The number of esters is 1. The van der Waals surface area contributed by atoms with Gasteiger partial charge in [-0.3, -0.25) is 9.59 Å². The number of aryl methyl sites for hydroxylation is 2. The molecular formula is C59H51N2O8+. The molecule has 10 heteroatoms. The minimum Gasteiger partial charge on any atom is -0.508 e. The summed E-state index contributed by atoms with van der Waals surface area (Å²) in [6.07, 6.45) is 10.4. The topological polar surface area (TPSA) is 130 Å². The van der Waals surface area contributed by atoms with Crippen molar-refractivity contribution in [1.29, 1.82) is 0 Å². The molecule has 0 bridgehead atoms. The number of phenols is 1. The van der Waals surface area contributed by atoms with Crippen molar-refractivity contribution in [2.75, 3.05) is 37.7 Å². The summed E-state index contributed by atoms with van der Waals surface area (Å²) in [7, 11) is 0. The molecule has 10 nitrogen and oxygen atoms in total. The second kappa shape index (κ2) is 17.5. The molecule has 1 aliphatic carbocycles. The Bertz CT molecular complexity index is 3530. The Morgan fingerprint density at radius 1 is 0.725 bits per heavy atom. The maximum absolute atomic E-state index is 14.1. The van der Waals surface area contributed by atoms with Crippen LogP contribution in [-0.4, -0.2) is 54.9 Å². The molecule has 344 valence electrons. The van der Waals surface area contributed by atoms with Gasteiger partial charge in [0.15, 0.2) is 5.43 Å². The summed E-state index contributed by atoms with van der Waals surface area (Å²) in [5, 5.41) is 22.7. The molecule has 0 unspecified atom stereocenters. The van der Waals surface area contributed by atoms with Crippen molar-refractivity contribution >= 4 is 34.2 Å². The highest BCUT2D eigenvalue weighted by atomic mass is 16.5. The van der Waals surface area contributed by atoms with Crippen LogP contribution in [0.25, 0.3) is 39.0 Å². The zero-order valence-electron chi connectivity index (χ0n) is 38.4. The lowest BCUT2D eigenvalue weighted by Gasteiger charge is -2.39. The number of carbonyl (C=O) groups is 2. The fraction of sp³-hybridized carbons (Fsp3) is 0.288. The maximum atomic E-state index is 14.1. The molecule has 12 rings (SSSR count). The van der Waals surface area contributed by atoms with Crippen LogP contribution in [0.1, 0.15) is 106 Å². The van der Waals surface area contributed by atoms with Gasteiger partial charge in [-0.1, -0.05) is 30.0 Å². The lowest BCUT2D eigenvalue weighted by atomic mass is 9.82. The molecule has 0 saturated carbocycles. The highest BCUT2D eigenvalue weighted by molar-refractivity contribution is 6.08. The van der Waals surface area contributed by atoms with Crippen LogP contribution in [-0.2, 0) is 35.2 Å². The normalized spacial score (nSPS) is 15.3. The predicted octanol–water partition coefficient (Wildman–Crippen LogP) is 8.91. The summed E-state index contributed by atoms with van der Waals surface area (Å²) in [5.74, 6) is 7.66. The number of carbonyl (C=O) groups excluding carboxylic acids is 1. The Kier molecular flexibility index (Phi) is 10.8. The number of benzene rings is 6. The second-order valence-corrected chi connectivity index (χ2v) is 19.1. The Labute approximate surface area is 399 Å². The van der Waals surface area contributed by atoms with Crippen LogP contribution in [0, 0.1) is 11.8 Å². The average Bonchev–Trinajstić information content (AvgIpc) is 3.36. The monoisotopic (exact) mass is 915 g/mol. The fourth-order valence-corrected chi connectivity index (χ4v) is 11.6. The molecule has 7 aliphatic rings. The number of nitrogens with zero attached hydrogens (tertiary/aromatic N) is 2. The standard InChI is InChI=1S/C59H50N2O8/c62-40-20-23-43-50(33-40)68-51-34-41(63)21-24-44(51)54(43)42-22-17-36(30-47(42)59(66)67-29-3-1-2-12-52(64)65)14-13-35-15-18-37(19-16-35)53-48-31-38-8-4-25-60-27-6-10-45(55(38)60)57(48)69-58-46-11-7-28-61-26-5-9-39(56(46)61)32-49(53)58/h15-24,30-34H,1-12,25-29H2,(H-,62,63,64,65)/p+1. The van der Waals surface area contributed by atoms with E-state index in [9.17, 15) is 19.5 Å². The van der Waals surface area contributed by atoms with Gasteiger partial charge in [0, 0.05) is 105 Å². The van der Waals surface area contributed by atoms with E-state index in [1.807, 2.05) is 12.1 Å². The van der Waals surface area contributed by atoms with Gasteiger partial charge in [-0.25, -0.2) is 9.37 Å². The molecule has 6 aliphatic heterocycles. The van der Waals surface area contributed by atoms with Crippen LogP contribution in [0.3, 0.4) is 0 Å². The predicted molar refractivity (Wildman–Crippen MR) is 265 cm³/mol. The van der Waals surface area contributed by atoms with Crippen LogP contribution >= 0.6 is 0 Å². The molecule has 69 heavy (non-hydrogen) atoms. The number of unbranched alkanes of at least 4 members (excludes halogenated alkanes) is 2. The molecule has 0 atom stereocenters. The highest BCUT2D eigenvalue weighted by Crippen LogP contribution is 2.49. The van der Waals surface area contributed by atoms with Gasteiger partial charge in [-0.15, -0.1) is 0 Å². The quantitative estimate of drug-likeness (QED) is 0.0480. The maximum Gasteiger partial charge on any atom is 0.338 e. The van der Waals surface area contributed by atoms with E-state index in [1.165, 1.54) is 67.9 Å². The average molecular weight is 916 g/mol. The minimum absolute atomic E-state index is 0.00364. The van der Waals surface area contributed by atoms with Gasteiger partial charge in [0.2, 0.25) is 5.36 Å². The molecule has 0 spiro atoms. The summed E-state index contributed by atoms with van der Waals surface area (Å²) >= 11 is 0. The molecule has 2 N–H and O–H groups in total. The van der Waals surface area contributed by atoms with Crippen molar-refractivity contribution in [3.05, 3.63) is 162 Å². The summed E-state index contributed by atoms with van der Waals surface area (Å²) in [5.41, 5.74) is 14.2. The SMILES string of the molecule is O=C(O)CCCCCOC(=O)c1cc(C#Cc2ccc(C3=c4cc5c6c(c4Oc4c3cc3c7c4CCCN7CCC3)CCC[N+]=6CCC5)cc2)ccc1-c1c2ccc(=O)cc-2oc2cc(O)ccc12. The van der Waals surface area contributed by atoms with Gasteiger partial charge in [0.05, 0.1) is 17.7 Å². The summed E-state index contributed by atoms with van der Waals surface area (Å²) in [6.45, 7) is 4.52. The first-order chi connectivity index (χ1) is 33.8. The van der Waals surface area contributed by atoms with E-state index >= 15 is 0 Å². The van der Waals surface area contributed by atoms with Crippen molar-refractivity contribution in [3.8, 4) is 51.5 Å². The van der Waals surface area contributed by atoms with Gasteiger partial charge < -0.3 is 29.0 Å². The molecule has 0 saturated heterocycles. The Hall–Kier alpha value is -7.64. The largest absolute Gasteiger partial charge is 0.508 e. The van der Waals surface area contributed by atoms with Crippen LogP contribution in [0.4, 0.5) is 5.69 Å². The number of ether oxygens (including phenoxy) is 2. The fourth-order valence-electron chi connectivity index (χ4n) is 11.6. The van der Waals surface area contributed by atoms with Crippen molar-refractivity contribution in [1.82, 2.24) is 4.58 Å². The van der Waals surface area contributed by atoms with Crippen molar-refractivity contribution in [2.24, 2.45) is 0 Å². The molecule has 0 amide bonds. The third kappa shape index (κ3) is 7.70. The number of hydrogen-bond donors (Lipinski definition) is 2. The molecule has 5 aromatic rings. The van der Waals surface area contributed by atoms with Crippen molar-refractivity contribution < 1.29 is 33.7 Å². The number of carboxylic acids is 1. The van der Waals surface area contributed by atoms with Crippen LogP contribution in [0.2, 0.25) is 0 Å². The summed E-state index contributed by atoms with van der Waals surface area (Å²) < 4.78 is 21.8. The Morgan fingerprint density at radius 2 is 1.49 bits per heavy atom. The van der Waals surface area contributed by atoms with Crippen LogP contribution in [0.5, 0.6) is 17.2 Å². The highest BCUT2D eigenvalue weighted by Gasteiger charge is 2.36. The van der Waals surface area contributed by atoms with Gasteiger partial charge in [-0.2, -0.15) is 0 Å². The number of anilines is 1. The lowest BCUT2D eigenvalue weighted by molar-refractivity contribution is -0.137. The smallest absolute Gasteiger partial charge is 0.338 e. The number of aromatic hydroxyl groups is 1. The van der Waals surface area contributed by atoms with E-state index in [2.05, 4.69) is 57.7 Å². The number of rotatable bonds is 9. The van der Waals surface area contributed by atoms with Crippen molar-refractivity contribution in [2.45, 2.75) is 77.0 Å². The molecule has 0 aromatic heterocycles. The van der Waals surface area contributed by atoms with E-state index in [1.54, 1.807) is 24.3 Å². The summed E-state index contributed by atoms with van der Waals surface area (Å²) in [6, 6.07) is 28.2.